The predicted molar refractivity (Wildman–Crippen MR) is 70.3 cm³/mol. The molecule has 8 heteroatoms. The summed E-state index contributed by atoms with van der Waals surface area (Å²) in [5, 5.41) is 0. The second-order valence-electron chi connectivity index (χ2n) is 4.19. The van der Waals surface area contributed by atoms with E-state index in [1.165, 1.54) is 18.2 Å². The maximum atomic E-state index is 13.0. The highest BCUT2D eigenvalue weighted by Crippen LogP contribution is 2.15. The van der Waals surface area contributed by atoms with Crippen LogP contribution in [0.25, 0.3) is 0 Å². The van der Waals surface area contributed by atoms with E-state index in [9.17, 15) is 22.0 Å². The standard InChI is InChI=1S/C12H16F2N2O3S/c1-2-11(17)9-4-3-5-10(6-9)20(18,19)16-8-12(13,14)7-15/h3-6,16H,2,7-8,15H2,1H3. The molecule has 0 fully saturated rings. The maximum Gasteiger partial charge on any atom is 0.273 e. The lowest BCUT2D eigenvalue weighted by molar-refractivity contribution is 0.0170. The van der Waals surface area contributed by atoms with Gasteiger partial charge in [-0.2, -0.15) is 0 Å². The number of hydrogen-bond donors (Lipinski definition) is 2. The fourth-order valence-corrected chi connectivity index (χ4v) is 2.50. The molecule has 1 aromatic rings. The van der Waals surface area contributed by atoms with Gasteiger partial charge in [-0.1, -0.05) is 19.1 Å². The van der Waals surface area contributed by atoms with E-state index in [0.29, 0.717) is 0 Å². The van der Waals surface area contributed by atoms with Crippen LogP contribution in [0.4, 0.5) is 8.78 Å². The van der Waals surface area contributed by atoms with Crippen molar-refractivity contribution in [1.82, 2.24) is 4.72 Å². The van der Waals surface area contributed by atoms with Crippen LogP contribution >= 0.6 is 0 Å². The Labute approximate surface area is 116 Å². The molecule has 20 heavy (non-hydrogen) atoms. The molecule has 0 radical (unpaired) electrons. The molecule has 0 atom stereocenters. The van der Waals surface area contributed by atoms with Crippen LogP contribution in [0.3, 0.4) is 0 Å². The number of ketones is 1. The van der Waals surface area contributed by atoms with E-state index in [1.807, 2.05) is 0 Å². The average Bonchev–Trinajstić information content (AvgIpc) is 2.45. The number of halogens is 2. The van der Waals surface area contributed by atoms with Gasteiger partial charge in [0.1, 0.15) is 0 Å². The van der Waals surface area contributed by atoms with Crippen molar-refractivity contribution in [3.05, 3.63) is 29.8 Å². The van der Waals surface area contributed by atoms with Crippen molar-refractivity contribution in [2.45, 2.75) is 24.2 Å². The van der Waals surface area contributed by atoms with Gasteiger partial charge in [0.2, 0.25) is 10.0 Å². The topological polar surface area (TPSA) is 89.3 Å². The quantitative estimate of drug-likeness (QED) is 0.740. The summed E-state index contributed by atoms with van der Waals surface area (Å²) in [5.74, 6) is -3.54. The maximum absolute atomic E-state index is 13.0. The van der Waals surface area contributed by atoms with Crippen LogP contribution in [0.1, 0.15) is 23.7 Å². The van der Waals surface area contributed by atoms with Gasteiger partial charge in [-0.25, -0.2) is 21.9 Å². The number of nitrogens with one attached hydrogen (secondary N) is 1. The van der Waals surface area contributed by atoms with Gasteiger partial charge in [-0.05, 0) is 12.1 Å². The number of hydrogen-bond acceptors (Lipinski definition) is 4. The summed E-state index contributed by atoms with van der Waals surface area (Å²) >= 11 is 0. The molecule has 0 amide bonds. The number of carbonyl (C=O) groups is 1. The predicted octanol–water partition coefficient (Wildman–Crippen LogP) is 1.15. The van der Waals surface area contributed by atoms with Crippen molar-refractivity contribution in [3.63, 3.8) is 0 Å². The van der Waals surface area contributed by atoms with Crippen LogP contribution in [0.15, 0.2) is 29.2 Å². The summed E-state index contributed by atoms with van der Waals surface area (Å²) in [6, 6.07) is 5.25. The zero-order valence-corrected chi connectivity index (χ0v) is 11.7. The number of Topliss-reactive ketones (excluding diaryl/α,β-unsaturated/α-hetero) is 1. The molecule has 0 aromatic heterocycles. The third-order valence-corrected chi connectivity index (χ3v) is 4.01. The van der Waals surface area contributed by atoms with Crippen molar-refractivity contribution in [1.29, 1.82) is 0 Å². The molecule has 0 spiro atoms. The first-order valence-electron chi connectivity index (χ1n) is 5.92. The van der Waals surface area contributed by atoms with E-state index < -0.39 is 29.0 Å². The SMILES string of the molecule is CCC(=O)c1cccc(S(=O)(=O)NCC(F)(F)CN)c1. The van der Waals surface area contributed by atoms with Crippen LogP contribution < -0.4 is 10.5 Å². The monoisotopic (exact) mass is 306 g/mol. The van der Waals surface area contributed by atoms with Crippen molar-refractivity contribution in [2.75, 3.05) is 13.1 Å². The highest BCUT2D eigenvalue weighted by molar-refractivity contribution is 7.89. The molecule has 0 saturated heterocycles. The number of benzene rings is 1. The molecule has 0 heterocycles. The van der Waals surface area contributed by atoms with Gasteiger partial charge >= 0.3 is 0 Å². The van der Waals surface area contributed by atoms with Crippen molar-refractivity contribution >= 4 is 15.8 Å². The molecule has 0 aliphatic rings. The number of sulfonamides is 1. The van der Waals surface area contributed by atoms with E-state index in [-0.39, 0.29) is 22.7 Å². The van der Waals surface area contributed by atoms with Crippen LogP contribution in [0.2, 0.25) is 0 Å². The molecule has 112 valence electrons. The normalized spacial score (nSPS) is 12.4. The van der Waals surface area contributed by atoms with Crippen molar-refractivity contribution in [2.24, 2.45) is 5.73 Å². The molecule has 0 saturated carbocycles. The van der Waals surface area contributed by atoms with Crippen LogP contribution in [-0.2, 0) is 10.0 Å². The Bertz CT molecular complexity index is 588. The first kappa shape index (κ1) is 16.7. The Morgan fingerprint density at radius 2 is 2.05 bits per heavy atom. The first-order valence-corrected chi connectivity index (χ1v) is 7.41. The lowest BCUT2D eigenvalue weighted by atomic mass is 10.1. The Balaban J connectivity index is 2.96. The Morgan fingerprint density at radius 1 is 1.40 bits per heavy atom. The summed E-state index contributed by atoms with van der Waals surface area (Å²) in [5.41, 5.74) is 5.05. The number of carbonyl (C=O) groups excluding carboxylic acids is 1. The smallest absolute Gasteiger partial charge is 0.273 e. The van der Waals surface area contributed by atoms with Gasteiger partial charge in [0.05, 0.1) is 18.0 Å². The average molecular weight is 306 g/mol. The summed E-state index contributed by atoms with van der Waals surface area (Å²) in [6.07, 6.45) is 0.224. The lowest BCUT2D eigenvalue weighted by Gasteiger charge is -2.15. The second-order valence-corrected chi connectivity index (χ2v) is 5.96. The number of alkyl halides is 2. The molecule has 0 aliphatic carbocycles. The van der Waals surface area contributed by atoms with E-state index >= 15 is 0 Å². The van der Waals surface area contributed by atoms with Gasteiger partial charge in [0, 0.05) is 12.0 Å². The van der Waals surface area contributed by atoms with Gasteiger partial charge in [0.25, 0.3) is 5.92 Å². The first-order chi connectivity index (χ1) is 9.22. The molecule has 0 unspecified atom stereocenters. The van der Waals surface area contributed by atoms with Gasteiger partial charge in [-0.15, -0.1) is 0 Å². The second kappa shape index (κ2) is 6.38. The zero-order chi connectivity index (χ0) is 15.4. The third kappa shape index (κ3) is 4.32. The fraction of sp³-hybridized carbons (Fsp3) is 0.417. The summed E-state index contributed by atoms with van der Waals surface area (Å²) in [4.78, 5) is 11.3. The molecular formula is C12H16F2N2O3S. The van der Waals surface area contributed by atoms with Crippen LogP contribution in [0.5, 0.6) is 0 Å². The Hall–Kier alpha value is -1.38. The highest BCUT2D eigenvalue weighted by atomic mass is 32.2. The molecule has 0 aliphatic heterocycles. The van der Waals surface area contributed by atoms with Crippen LogP contribution in [0, 0.1) is 0 Å². The minimum atomic E-state index is -4.11. The molecule has 1 rings (SSSR count). The third-order valence-electron chi connectivity index (χ3n) is 2.61. The molecule has 5 nitrogen and oxygen atoms in total. The van der Waals surface area contributed by atoms with Crippen LogP contribution in [-0.4, -0.2) is 33.2 Å². The number of nitrogens with two attached hydrogens (primary N) is 1. The molecule has 0 bridgehead atoms. The Morgan fingerprint density at radius 3 is 2.60 bits per heavy atom. The van der Waals surface area contributed by atoms with Gasteiger partial charge < -0.3 is 5.73 Å². The zero-order valence-electron chi connectivity index (χ0n) is 10.9. The van der Waals surface area contributed by atoms with E-state index in [4.69, 9.17) is 5.73 Å². The highest BCUT2D eigenvalue weighted by Gasteiger charge is 2.29. The summed E-state index contributed by atoms with van der Waals surface area (Å²) in [7, 11) is -4.11. The minimum absolute atomic E-state index is 0.223. The van der Waals surface area contributed by atoms with Crippen molar-refractivity contribution < 1.29 is 22.0 Å². The van der Waals surface area contributed by atoms with E-state index in [2.05, 4.69) is 0 Å². The molecule has 1 aromatic carbocycles. The summed E-state index contributed by atoms with van der Waals surface area (Å²) < 4.78 is 51.4. The van der Waals surface area contributed by atoms with Gasteiger partial charge in [0.15, 0.2) is 5.78 Å². The lowest BCUT2D eigenvalue weighted by Crippen LogP contribution is -2.41. The van der Waals surface area contributed by atoms with Crippen molar-refractivity contribution in [3.8, 4) is 0 Å². The van der Waals surface area contributed by atoms with E-state index in [1.54, 1.807) is 11.6 Å². The molecule has 3 N–H and O–H groups in total. The largest absolute Gasteiger partial charge is 0.325 e. The Kier molecular flexibility index (Phi) is 5.32. The van der Waals surface area contributed by atoms with Gasteiger partial charge in [-0.3, -0.25) is 4.79 Å². The fourth-order valence-electron chi connectivity index (χ4n) is 1.40. The minimum Gasteiger partial charge on any atom is -0.325 e. The molecular weight excluding hydrogens is 290 g/mol. The number of rotatable bonds is 7. The van der Waals surface area contributed by atoms with E-state index in [0.717, 1.165) is 6.07 Å². The summed E-state index contributed by atoms with van der Waals surface area (Å²) in [6.45, 7) is -0.398.